The Kier molecular flexibility index (Phi) is 3.33. The molecule has 0 aromatic carbocycles. The molecule has 2 rings (SSSR count). The van der Waals surface area contributed by atoms with Crippen molar-refractivity contribution in [3.05, 3.63) is 10.1 Å². The normalized spacial score (nSPS) is 40.1. The molecule has 1 saturated carbocycles. The zero-order chi connectivity index (χ0) is 11.7. The molecule has 16 heavy (non-hydrogen) atoms. The van der Waals surface area contributed by atoms with Crippen molar-refractivity contribution in [2.45, 2.75) is 57.2 Å². The van der Waals surface area contributed by atoms with E-state index in [0.717, 1.165) is 19.3 Å². The van der Waals surface area contributed by atoms with Crippen LogP contribution in [0.4, 0.5) is 0 Å². The first kappa shape index (κ1) is 11.6. The molecule has 0 aromatic heterocycles. The van der Waals surface area contributed by atoms with E-state index in [1.54, 1.807) is 0 Å². The first-order chi connectivity index (χ1) is 7.59. The Labute approximate surface area is 95.9 Å². The lowest BCUT2D eigenvalue weighted by molar-refractivity contribution is -0.772. The molecular weight excluding hydrogens is 208 g/mol. The van der Waals surface area contributed by atoms with Gasteiger partial charge in [0, 0.05) is 18.0 Å². The van der Waals surface area contributed by atoms with Gasteiger partial charge in [0.05, 0.1) is 0 Å². The van der Waals surface area contributed by atoms with Gasteiger partial charge in [-0.3, -0.25) is 0 Å². The molecule has 0 bridgehead atoms. The number of nitrogens with zero attached hydrogens (tertiary/aromatic N) is 2. The molecule has 1 aliphatic carbocycles. The molecule has 1 saturated heterocycles. The third-order valence-electron chi connectivity index (χ3n) is 4.27. The number of fused-ring (bicyclic) bond motifs is 1. The van der Waals surface area contributed by atoms with E-state index in [-0.39, 0.29) is 6.10 Å². The molecule has 0 amide bonds. The minimum absolute atomic E-state index is 0.188. The van der Waals surface area contributed by atoms with Crippen molar-refractivity contribution in [2.75, 3.05) is 7.05 Å². The number of piperidine rings is 1. The van der Waals surface area contributed by atoms with Gasteiger partial charge in [0.2, 0.25) is 0 Å². The summed E-state index contributed by atoms with van der Waals surface area (Å²) in [6.07, 6.45) is 5.23. The Morgan fingerprint density at radius 2 is 2.06 bits per heavy atom. The predicted octanol–water partition coefficient (Wildman–Crippen LogP) is 1.85. The van der Waals surface area contributed by atoms with Gasteiger partial charge in [-0.15, -0.1) is 10.1 Å². The van der Waals surface area contributed by atoms with Crippen LogP contribution in [0.3, 0.4) is 0 Å². The molecule has 92 valence electrons. The first-order valence-corrected chi connectivity index (χ1v) is 6.12. The molecule has 4 unspecified atom stereocenters. The Bertz CT molecular complexity index is 272. The van der Waals surface area contributed by atoms with Crippen LogP contribution < -0.4 is 0 Å². The van der Waals surface area contributed by atoms with Gasteiger partial charge in [0.15, 0.2) is 0 Å². The molecule has 0 spiro atoms. The van der Waals surface area contributed by atoms with Gasteiger partial charge in [-0.1, -0.05) is 12.8 Å². The van der Waals surface area contributed by atoms with Crippen LogP contribution >= 0.6 is 0 Å². The Balaban J connectivity index is 2.10. The molecule has 4 atom stereocenters. The van der Waals surface area contributed by atoms with Crippen LogP contribution in [0.5, 0.6) is 0 Å². The van der Waals surface area contributed by atoms with E-state index < -0.39 is 5.09 Å². The molecule has 2 fully saturated rings. The predicted molar refractivity (Wildman–Crippen MR) is 59.5 cm³/mol. The van der Waals surface area contributed by atoms with Crippen molar-refractivity contribution in [3.63, 3.8) is 0 Å². The Morgan fingerprint density at radius 1 is 1.38 bits per heavy atom. The average Bonchev–Trinajstić information content (AvgIpc) is 2.25. The van der Waals surface area contributed by atoms with Gasteiger partial charge in [-0.05, 0) is 33.2 Å². The zero-order valence-electron chi connectivity index (χ0n) is 9.96. The van der Waals surface area contributed by atoms with Crippen molar-refractivity contribution in [2.24, 2.45) is 5.92 Å². The van der Waals surface area contributed by atoms with Crippen molar-refractivity contribution < 1.29 is 9.92 Å². The minimum Gasteiger partial charge on any atom is -0.310 e. The molecule has 1 heterocycles. The molecule has 2 aliphatic rings. The van der Waals surface area contributed by atoms with Crippen LogP contribution in [0, 0.1) is 16.0 Å². The van der Waals surface area contributed by atoms with Gasteiger partial charge in [0.1, 0.15) is 6.10 Å². The van der Waals surface area contributed by atoms with Gasteiger partial charge in [-0.2, -0.15) is 0 Å². The summed E-state index contributed by atoms with van der Waals surface area (Å²) in [5.74, 6) is 0.348. The third kappa shape index (κ3) is 2.14. The van der Waals surface area contributed by atoms with E-state index in [0.29, 0.717) is 18.0 Å². The minimum atomic E-state index is -0.617. The summed E-state index contributed by atoms with van der Waals surface area (Å²) in [6.45, 7) is 2.13. The lowest BCUT2D eigenvalue weighted by Crippen LogP contribution is -2.55. The van der Waals surface area contributed by atoms with Crippen LogP contribution in [0.1, 0.15) is 39.0 Å². The number of hydrogen-bond acceptors (Lipinski definition) is 4. The van der Waals surface area contributed by atoms with Crippen LogP contribution in [0.2, 0.25) is 0 Å². The van der Waals surface area contributed by atoms with Crippen LogP contribution in [-0.4, -0.2) is 35.2 Å². The standard InChI is InChI=1S/C11H20N2O3/c1-8-7-11(16-13(14)15)9-5-3-4-6-10(9)12(8)2/h8-11H,3-7H2,1-2H3. The summed E-state index contributed by atoms with van der Waals surface area (Å²) < 4.78 is 0. The van der Waals surface area contributed by atoms with Gasteiger partial charge in [-0.25, -0.2) is 0 Å². The Hall–Kier alpha value is -0.840. The van der Waals surface area contributed by atoms with Gasteiger partial charge < -0.3 is 9.74 Å². The van der Waals surface area contributed by atoms with Crippen LogP contribution in [-0.2, 0) is 4.84 Å². The number of likely N-dealkylation sites (tertiary alicyclic amines) is 1. The van der Waals surface area contributed by atoms with Crippen molar-refractivity contribution in [3.8, 4) is 0 Å². The molecule has 5 nitrogen and oxygen atoms in total. The highest BCUT2D eigenvalue weighted by atomic mass is 17.0. The van der Waals surface area contributed by atoms with Crippen molar-refractivity contribution >= 4 is 0 Å². The largest absolute Gasteiger partial charge is 0.310 e. The highest BCUT2D eigenvalue weighted by molar-refractivity contribution is 4.94. The van der Waals surface area contributed by atoms with E-state index in [1.165, 1.54) is 12.8 Å². The quantitative estimate of drug-likeness (QED) is 0.534. The summed E-state index contributed by atoms with van der Waals surface area (Å²) in [4.78, 5) is 17.8. The fourth-order valence-electron chi connectivity index (χ4n) is 3.32. The van der Waals surface area contributed by atoms with E-state index in [4.69, 9.17) is 4.84 Å². The summed E-state index contributed by atoms with van der Waals surface area (Å²) in [5, 5.41) is 9.88. The van der Waals surface area contributed by atoms with Crippen molar-refractivity contribution in [1.29, 1.82) is 0 Å². The van der Waals surface area contributed by atoms with Crippen LogP contribution in [0.25, 0.3) is 0 Å². The summed E-state index contributed by atoms with van der Waals surface area (Å²) >= 11 is 0. The van der Waals surface area contributed by atoms with E-state index in [2.05, 4.69) is 18.9 Å². The number of rotatable bonds is 2. The molecule has 5 heteroatoms. The highest BCUT2D eigenvalue weighted by Gasteiger charge is 2.42. The monoisotopic (exact) mass is 228 g/mol. The van der Waals surface area contributed by atoms with E-state index >= 15 is 0 Å². The second-order valence-electron chi connectivity index (χ2n) is 5.13. The number of hydrogen-bond donors (Lipinski definition) is 0. The molecule has 1 aliphatic heterocycles. The molecule has 0 aromatic rings. The highest BCUT2D eigenvalue weighted by Crippen LogP contribution is 2.38. The summed E-state index contributed by atoms with van der Waals surface area (Å²) in [5.41, 5.74) is 0. The fraction of sp³-hybridized carbons (Fsp3) is 1.00. The molecule has 0 N–H and O–H groups in total. The third-order valence-corrected chi connectivity index (χ3v) is 4.27. The van der Waals surface area contributed by atoms with Crippen molar-refractivity contribution in [1.82, 2.24) is 4.90 Å². The Morgan fingerprint density at radius 3 is 2.75 bits per heavy atom. The summed E-state index contributed by atoms with van der Waals surface area (Å²) in [7, 11) is 2.13. The van der Waals surface area contributed by atoms with E-state index in [1.807, 2.05) is 0 Å². The SMILES string of the molecule is CC1CC(O[N+](=O)[O-])C2CCCCC2N1C. The fourth-order valence-corrected chi connectivity index (χ4v) is 3.32. The second kappa shape index (κ2) is 4.57. The van der Waals surface area contributed by atoms with Gasteiger partial charge >= 0.3 is 0 Å². The zero-order valence-corrected chi connectivity index (χ0v) is 9.96. The maximum absolute atomic E-state index is 10.5. The lowest BCUT2D eigenvalue weighted by atomic mass is 9.75. The topological polar surface area (TPSA) is 55.6 Å². The smallest absolute Gasteiger partial charge is 0.294 e. The van der Waals surface area contributed by atoms with Gasteiger partial charge in [0.25, 0.3) is 5.09 Å². The first-order valence-electron chi connectivity index (χ1n) is 6.12. The maximum atomic E-state index is 10.5. The maximum Gasteiger partial charge on any atom is 0.294 e. The van der Waals surface area contributed by atoms with Crippen LogP contribution in [0.15, 0.2) is 0 Å². The molecular formula is C11H20N2O3. The molecule has 0 radical (unpaired) electrons. The van der Waals surface area contributed by atoms with E-state index in [9.17, 15) is 10.1 Å². The summed E-state index contributed by atoms with van der Waals surface area (Å²) in [6, 6.07) is 0.853. The lowest BCUT2D eigenvalue weighted by Gasteiger charge is -2.48. The average molecular weight is 228 g/mol. The second-order valence-corrected chi connectivity index (χ2v) is 5.13.